The van der Waals surface area contributed by atoms with Crippen LogP contribution in [0.4, 0.5) is 0 Å². The lowest BCUT2D eigenvalue weighted by molar-refractivity contribution is -0.128. The first-order valence-electron chi connectivity index (χ1n) is 8.29. The van der Waals surface area contributed by atoms with E-state index in [-0.39, 0.29) is 11.9 Å². The van der Waals surface area contributed by atoms with E-state index in [0.29, 0.717) is 11.3 Å². The molecule has 1 rings (SSSR count). The number of carbonyl (C=O) groups excluding carboxylic acids is 1. The smallest absolute Gasteiger partial charge is 0.246 e. The average molecular weight is 405 g/mol. The highest BCUT2D eigenvalue weighted by molar-refractivity contribution is 14.1. The second kappa shape index (κ2) is 7.98. The molecule has 2 nitrogen and oxygen atoms in total. The highest BCUT2D eigenvalue weighted by atomic mass is 127. The number of nitrogens with zero attached hydrogens (tertiary/aromatic N) is 1. The van der Waals surface area contributed by atoms with Gasteiger partial charge in [0.15, 0.2) is 0 Å². The largest absolute Gasteiger partial charge is 0.336 e. The molecule has 21 heavy (non-hydrogen) atoms. The summed E-state index contributed by atoms with van der Waals surface area (Å²) in [5, 5.41) is 0. The summed E-state index contributed by atoms with van der Waals surface area (Å²) in [6.45, 7) is 13.8. The molecule has 0 heterocycles. The Morgan fingerprint density at radius 2 is 2.05 bits per heavy atom. The molecule has 0 aromatic carbocycles. The molecule has 3 unspecified atom stereocenters. The van der Waals surface area contributed by atoms with Gasteiger partial charge in [0.2, 0.25) is 5.91 Å². The SMILES string of the molecule is CCC(I)CCC1(C)CC1CN(C(=O)C=C(C)C)C(C)C. The lowest BCUT2D eigenvalue weighted by atomic mass is 9.97. The van der Waals surface area contributed by atoms with E-state index in [2.05, 4.69) is 50.3 Å². The summed E-state index contributed by atoms with van der Waals surface area (Å²) in [6.07, 6.45) is 6.94. The lowest BCUT2D eigenvalue weighted by Crippen LogP contribution is -2.38. The standard InChI is InChI=1S/C18H32INO/c1-7-16(19)8-9-18(6)11-15(18)12-20(14(4)5)17(21)10-13(2)3/h10,14-16H,7-9,11-12H2,1-6H3. The van der Waals surface area contributed by atoms with Crippen molar-refractivity contribution in [3.63, 3.8) is 0 Å². The van der Waals surface area contributed by atoms with E-state index in [1.165, 1.54) is 25.7 Å². The molecular weight excluding hydrogens is 373 g/mol. The maximum Gasteiger partial charge on any atom is 0.246 e. The minimum absolute atomic E-state index is 0.180. The van der Waals surface area contributed by atoms with Crippen LogP contribution in [0.5, 0.6) is 0 Å². The molecule has 1 amide bonds. The van der Waals surface area contributed by atoms with Crippen molar-refractivity contribution in [2.75, 3.05) is 6.54 Å². The monoisotopic (exact) mass is 405 g/mol. The van der Waals surface area contributed by atoms with E-state index >= 15 is 0 Å². The third-order valence-electron chi connectivity index (χ3n) is 4.75. The minimum atomic E-state index is 0.180. The van der Waals surface area contributed by atoms with Gasteiger partial charge >= 0.3 is 0 Å². The molecule has 0 radical (unpaired) electrons. The minimum Gasteiger partial charge on any atom is -0.336 e. The lowest BCUT2D eigenvalue weighted by Gasteiger charge is -2.27. The maximum atomic E-state index is 12.3. The predicted molar refractivity (Wildman–Crippen MR) is 99.8 cm³/mol. The first-order chi connectivity index (χ1) is 9.69. The molecule has 1 fully saturated rings. The van der Waals surface area contributed by atoms with Crippen LogP contribution in [0.25, 0.3) is 0 Å². The Hall–Kier alpha value is -0.0600. The van der Waals surface area contributed by atoms with Crippen molar-refractivity contribution in [1.29, 1.82) is 0 Å². The van der Waals surface area contributed by atoms with Crippen molar-refractivity contribution < 1.29 is 4.79 Å². The van der Waals surface area contributed by atoms with Gasteiger partial charge in [-0.1, -0.05) is 42.0 Å². The highest BCUT2D eigenvalue weighted by Crippen LogP contribution is 2.56. The Balaban J connectivity index is 2.55. The Bertz CT molecular complexity index is 387. The van der Waals surface area contributed by atoms with Crippen molar-refractivity contribution in [3.05, 3.63) is 11.6 Å². The number of rotatable bonds is 8. The molecule has 0 N–H and O–H groups in total. The van der Waals surface area contributed by atoms with Crippen LogP contribution in [0.1, 0.15) is 67.2 Å². The van der Waals surface area contributed by atoms with Gasteiger partial charge in [-0.15, -0.1) is 0 Å². The molecule has 3 heteroatoms. The summed E-state index contributed by atoms with van der Waals surface area (Å²) >= 11 is 2.57. The van der Waals surface area contributed by atoms with E-state index in [4.69, 9.17) is 0 Å². The van der Waals surface area contributed by atoms with Crippen LogP contribution < -0.4 is 0 Å². The molecule has 0 bridgehead atoms. The van der Waals surface area contributed by atoms with Gasteiger partial charge in [0.25, 0.3) is 0 Å². The summed E-state index contributed by atoms with van der Waals surface area (Å²) in [5.41, 5.74) is 1.55. The molecular formula is C18H32INO. The van der Waals surface area contributed by atoms with Crippen LogP contribution in [0.3, 0.4) is 0 Å². The number of alkyl halides is 1. The molecule has 1 aliphatic carbocycles. The Labute approximate surface area is 144 Å². The van der Waals surface area contributed by atoms with Gasteiger partial charge in [-0.2, -0.15) is 0 Å². The number of hydrogen-bond donors (Lipinski definition) is 0. The first-order valence-corrected chi connectivity index (χ1v) is 9.53. The fourth-order valence-electron chi connectivity index (χ4n) is 2.91. The van der Waals surface area contributed by atoms with Gasteiger partial charge in [-0.3, -0.25) is 4.79 Å². The Kier molecular flexibility index (Phi) is 7.21. The summed E-state index contributed by atoms with van der Waals surface area (Å²) in [5.74, 6) is 0.870. The summed E-state index contributed by atoms with van der Waals surface area (Å²) in [6, 6.07) is 0.283. The van der Waals surface area contributed by atoms with Gasteiger partial charge in [-0.25, -0.2) is 0 Å². The summed E-state index contributed by atoms with van der Waals surface area (Å²) in [7, 11) is 0. The van der Waals surface area contributed by atoms with E-state index in [1.807, 2.05) is 18.7 Å². The number of carbonyl (C=O) groups is 1. The van der Waals surface area contributed by atoms with Gasteiger partial charge < -0.3 is 4.90 Å². The van der Waals surface area contributed by atoms with Gasteiger partial charge in [0, 0.05) is 22.6 Å². The number of allylic oxidation sites excluding steroid dienone is 1. The topological polar surface area (TPSA) is 20.3 Å². The zero-order valence-corrected chi connectivity index (χ0v) is 16.7. The molecule has 0 aromatic heterocycles. The molecule has 1 aliphatic rings. The summed E-state index contributed by atoms with van der Waals surface area (Å²) in [4.78, 5) is 14.4. The normalized spacial score (nSPS) is 25.6. The molecule has 1 saturated carbocycles. The van der Waals surface area contributed by atoms with Gasteiger partial charge in [-0.05, 0) is 64.7 Å². The van der Waals surface area contributed by atoms with Crippen molar-refractivity contribution >= 4 is 28.5 Å². The Morgan fingerprint density at radius 1 is 1.43 bits per heavy atom. The van der Waals surface area contributed by atoms with Crippen LogP contribution in [-0.2, 0) is 4.79 Å². The average Bonchev–Trinajstić information content (AvgIpc) is 3.03. The maximum absolute atomic E-state index is 12.3. The van der Waals surface area contributed by atoms with E-state index < -0.39 is 0 Å². The van der Waals surface area contributed by atoms with Crippen LogP contribution in [0, 0.1) is 11.3 Å². The number of amides is 1. The second-order valence-corrected chi connectivity index (χ2v) is 9.17. The quantitative estimate of drug-likeness (QED) is 0.308. The summed E-state index contributed by atoms with van der Waals surface area (Å²) < 4.78 is 0.800. The van der Waals surface area contributed by atoms with E-state index in [0.717, 1.165) is 16.0 Å². The van der Waals surface area contributed by atoms with Crippen molar-refractivity contribution in [2.24, 2.45) is 11.3 Å². The van der Waals surface area contributed by atoms with Crippen LogP contribution in [0.2, 0.25) is 0 Å². The number of halogens is 1. The van der Waals surface area contributed by atoms with Crippen molar-refractivity contribution in [3.8, 4) is 0 Å². The van der Waals surface area contributed by atoms with E-state index in [1.54, 1.807) is 6.08 Å². The Morgan fingerprint density at radius 3 is 2.52 bits per heavy atom. The van der Waals surface area contributed by atoms with Crippen LogP contribution in [0.15, 0.2) is 11.6 Å². The first kappa shape index (κ1) is 19.0. The molecule has 0 aromatic rings. The molecule has 3 atom stereocenters. The van der Waals surface area contributed by atoms with Crippen LogP contribution in [-0.4, -0.2) is 27.3 Å². The highest BCUT2D eigenvalue weighted by Gasteiger charge is 2.50. The van der Waals surface area contributed by atoms with Gasteiger partial charge in [0.1, 0.15) is 0 Å². The van der Waals surface area contributed by atoms with Crippen molar-refractivity contribution in [1.82, 2.24) is 4.90 Å². The van der Waals surface area contributed by atoms with Crippen molar-refractivity contribution in [2.45, 2.75) is 77.2 Å². The third-order valence-corrected chi connectivity index (χ3v) is 6.25. The predicted octanol–water partition coefficient (Wildman–Crippen LogP) is 5.21. The molecule has 0 saturated heterocycles. The van der Waals surface area contributed by atoms with Crippen LogP contribution >= 0.6 is 22.6 Å². The number of hydrogen-bond acceptors (Lipinski definition) is 1. The zero-order chi connectivity index (χ0) is 16.2. The molecule has 0 aliphatic heterocycles. The molecule has 122 valence electrons. The molecule has 0 spiro atoms. The second-order valence-electron chi connectivity index (χ2n) is 7.41. The third kappa shape index (κ3) is 5.91. The zero-order valence-electron chi connectivity index (χ0n) is 14.6. The van der Waals surface area contributed by atoms with E-state index in [9.17, 15) is 4.79 Å². The van der Waals surface area contributed by atoms with Gasteiger partial charge in [0.05, 0.1) is 0 Å². The fourth-order valence-corrected chi connectivity index (χ4v) is 3.22. The fraction of sp³-hybridized carbons (Fsp3) is 0.833.